The number of carboxylic acids is 1. The minimum absolute atomic E-state index is 0.283. The van der Waals surface area contributed by atoms with E-state index in [-0.39, 0.29) is 6.10 Å². The van der Waals surface area contributed by atoms with E-state index < -0.39 is 24.5 Å². The van der Waals surface area contributed by atoms with Crippen LogP contribution in [0.3, 0.4) is 0 Å². The predicted octanol–water partition coefficient (Wildman–Crippen LogP) is 5.74. The molecule has 0 aliphatic carbocycles. The van der Waals surface area contributed by atoms with Gasteiger partial charge in [0.25, 0.3) is 0 Å². The molecule has 4 atom stereocenters. The molecule has 1 fully saturated rings. The van der Waals surface area contributed by atoms with Gasteiger partial charge in [-0.3, -0.25) is 0 Å². The van der Waals surface area contributed by atoms with Crippen molar-refractivity contribution in [2.45, 2.75) is 141 Å². The zero-order chi connectivity index (χ0) is 23.4. The van der Waals surface area contributed by atoms with E-state index in [1.54, 1.807) is 6.08 Å². The Morgan fingerprint density at radius 2 is 1.28 bits per heavy atom. The van der Waals surface area contributed by atoms with E-state index in [2.05, 4.69) is 0 Å². The van der Waals surface area contributed by atoms with Gasteiger partial charge in [0.15, 0.2) is 6.29 Å². The molecule has 0 aromatic carbocycles. The lowest BCUT2D eigenvalue weighted by molar-refractivity contribution is -0.261. The van der Waals surface area contributed by atoms with Gasteiger partial charge in [0.2, 0.25) is 0 Å². The van der Waals surface area contributed by atoms with Crippen molar-refractivity contribution in [2.24, 2.45) is 0 Å². The molecule has 0 amide bonds. The highest BCUT2D eigenvalue weighted by atomic mass is 16.7. The summed E-state index contributed by atoms with van der Waals surface area (Å²) >= 11 is 0. The summed E-state index contributed by atoms with van der Waals surface area (Å²) in [7, 11) is 0. The predicted molar refractivity (Wildman–Crippen MR) is 128 cm³/mol. The molecular weight excluding hydrogens is 408 g/mol. The lowest BCUT2D eigenvalue weighted by atomic mass is 10.0. The number of unbranched alkanes of at least 4 members (excludes halogenated alkanes) is 15. The first kappa shape index (κ1) is 29.1. The topological polar surface area (TPSA) is 96.2 Å². The molecule has 0 spiro atoms. The molecule has 0 radical (unpaired) electrons. The van der Waals surface area contributed by atoms with Gasteiger partial charge in [-0.2, -0.15) is 0 Å². The smallest absolute Gasteiger partial charge is 0.327 e. The number of carbonyl (C=O) groups is 1. The van der Waals surface area contributed by atoms with Crippen LogP contribution in [0.2, 0.25) is 0 Å². The fourth-order valence-corrected chi connectivity index (χ4v) is 4.14. The summed E-state index contributed by atoms with van der Waals surface area (Å²) in [4.78, 5) is 10.3. The van der Waals surface area contributed by atoms with E-state index in [1.165, 1.54) is 83.1 Å². The molecule has 1 saturated heterocycles. The van der Waals surface area contributed by atoms with E-state index in [1.807, 2.05) is 6.92 Å². The van der Waals surface area contributed by atoms with Crippen LogP contribution in [0.15, 0.2) is 12.2 Å². The van der Waals surface area contributed by atoms with Crippen LogP contribution in [-0.2, 0) is 14.3 Å². The van der Waals surface area contributed by atoms with Gasteiger partial charge in [0.05, 0.1) is 12.2 Å². The number of carboxylic acid groups (broad SMARTS) is 1. The number of aliphatic hydroxyl groups is 2. The van der Waals surface area contributed by atoms with Crippen LogP contribution in [0.4, 0.5) is 0 Å². The summed E-state index contributed by atoms with van der Waals surface area (Å²) in [6.45, 7) is 2.41. The second-order valence-corrected chi connectivity index (χ2v) is 9.28. The van der Waals surface area contributed by atoms with Crippen molar-refractivity contribution in [3.8, 4) is 0 Å². The number of allylic oxidation sites excluding steroid dienone is 1. The molecule has 32 heavy (non-hydrogen) atoms. The summed E-state index contributed by atoms with van der Waals surface area (Å²) in [6.07, 6.45) is 20.9. The molecule has 1 aliphatic rings. The summed E-state index contributed by atoms with van der Waals surface area (Å²) in [5, 5.41) is 28.1. The molecule has 0 bridgehead atoms. The largest absolute Gasteiger partial charge is 0.478 e. The van der Waals surface area contributed by atoms with Crippen molar-refractivity contribution < 1.29 is 29.6 Å². The zero-order valence-electron chi connectivity index (χ0n) is 20.3. The number of rotatable bonds is 20. The highest BCUT2D eigenvalue weighted by Crippen LogP contribution is 2.21. The third-order valence-corrected chi connectivity index (χ3v) is 6.25. The van der Waals surface area contributed by atoms with Crippen molar-refractivity contribution in [3.63, 3.8) is 0 Å². The number of hydrogen-bond acceptors (Lipinski definition) is 5. The molecule has 0 aromatic heterocycles. The average Bonchev–Trinajstić information content (AvgIpc) is 2.75. The van der Waals surface area contributed by atoms with Gasteiger partial charge in [0, 0.05) is 19.1 Å². The number of ether oxygens (including phenoxy) is 2. The van der Waals surface area contributed by atoms with Crippen molar-refractivity contribution >= 4 is 5.97 Å². The molecule has 6 heteroatoms. The summed E-state index contributed by atoms with van der Waals surface area (Å²) in [5.41, 5.74) is 0. The average molecular weight is 457 g/mol. The second-order valence-electron chi connectivity index (χ2n) is 9.28. The first-order valence-electron chi connectivity index (χ1n) is 13.0. The molecule has 3 N–H and O–H groups in total. The van der Waals surface area contributed by atoms with Gasteiger partial charge in [-0.05, 0) is 26.2 Å². The Bertz CT molecular complexity index is 481. The van der Waals surface area contributed by atoms with Gasteiger partial charge >= 0.3 is 5.97 Å². The van der Waals surface area contributed by atoms with Gasteiger partial charge in [-0.15, -0.1) is 0 Å². The normalized spacial score (nSPS) is 23.7. The SMILES string of the molecule is C[C@@H]1O[C@@H](OCCCCCCCCCCCCCCCCC/C=C/C(=O)O)[C@H](O)C[C@H]1O. The third kappa shape index (κ3) is 15.8. The first-order valence-corrected chi connectivity index (χ1v) is 13.0. The van der Waals surface area contributed by atoms with E-state index in [0.717, 1.165) is 25.7 Å². The minimum atomic E-state index is -0.851. The highest BCUT2D eigenvalue weighted by Gasteiger charge is 2.34. The van der Waals surface area contributed by atoms with Crippen LogP contribution >= 0.6 is 0 Å². The fraction of sp³-hybridized carbons (Fsp3) is 0.885. The molecule has 0 unspecified atom stereocenters. The quantitative estimate of drug-likeness (QED) is 0.160. The summed E-state index contributed by atoms with van der Waals surface area (Å²) in [6, 6.07) is 0. The number of aliphatic carboxylic acids is 1. The van der Waals surface area contributed by atoms with Crippen LogP contribution in [0.1, 0.15) is 116 Å². The molecule has 1 heterocycles. The molecule has 0 aromatic rings. The maximum absolute atomic E-state index is 10.3. The molecule has 0 saturated carbocycles. The Balaban J connectivity index is 1.75. The van der Waals surface area contributed by atoms with Crippen LogP contribution in [-0.4, -0.2) is 52.5 Å². The van der Waals surface area contributed by atoms with Gasteiger partial charge < -0.3 is 24.8 Å². The van der Waals surface area contributed by atoms with Crippen LogP contribution in [0.25, 0.3) is 0 Å². The van der Waals surface area contributed by atoms with E-state index in [9.17, 15) is 15.0 Å². The Kier molecular flexibility index (Phi) is 17.7. The van der Waals surface area contributed by atoms with Crippen molar-refractivity contribution in [1.29, 1.82) is 0 Å². The van der Waals surface area contributed by atoms with Crippen LogP contribution < -0.4 is 0 Å². The zero-order valence-corrected chi connectivity index (χ0v) is 20.3. The van der Waals surface area contributed by atoms with E-state index in [0.29, 0.717) is 13.0 Å². The van der Waals surface area contributed by atoms with E-state index >= 15 is 0 Å². The standard InChI is InChI=1S/C26H48O6/c1-22-23(27)21-24(28)26(32-22)31-20-18-16-14-12-10-8-6-4-2-3-5-7-9-11-13-15-17-19-25(29)30/h17,19,22-24,26-28H,2-16,18,20-21H2,1H3,(H,29,30)/b19-17+/t22-,23+,24+,26+/m0/s1. The Hall–Kier alpha value is -0.950. The minimum Gasteiger partial charge on any atom is -0.478 e. The molecular formula is C26H48O6. The lowest BCUT2D eigenvalue weighted by Crippen LogP contribution is -2.47. The third-order valence-electron chi connectivity index (χ3n) is 6.25. The lowest BCUT2D eigenvalue weighted by Gasteiger charge is -2.35. The highest BCUT2D eigenvalue weighted by molar-refractivity contribution is 5.79. The summed E-state index contributed by atoms with van der Waals surface area (Å²) in [5.74, 6) is -0.851. The van der Waals surface area contributed by atoms with Crippen molar-refractivity contribution in [2.75, 3.05) is 6.61 Å². The monoisotopic (exact) mass is 456 g/mol. The van der Waals surface area contributed by atoms with Crippen LogP contribution in [0, 0.1) is 0 Å². The Morgan fingerprint density at radius 1 is 0.812 bits per heavy atom. The van der Waals surface area contributed by atoms with Crippen molar-refractivity contribution in [1.82, 2.24) is 0 Å². The molecule has 1 rings (SSSR count). The first-order chi connectivity index (χ1) is 15.5. The molecule has 1 aliphatic heterocycles. The van der Waals surface area contributed by atoms with Crippen molar-refractivity contribution in [3.05, 3.63) is 12.2 Å². The number of aliphatic hydroxyl groups excluding tert-OH is 2. The summed E-state index contributed by atoms with van der Waals surface area (Å²) < 4.78 is 11.2. The maximum atomic E-state index is 10.3. The maximum Gasteiger partial charge on any atom is 0.327 e. The van der Waals surface area contributed by atoms with Crippen LogP contribution in [0.5, 0.6) is 0 Å². The Morgan fingerprint density at radius 3 is 1.78 bits per heavy atom. The molecule has 188 valence electrons. The fourth-order valence-electron chi connectivity index (χ4n) is 4.14. The second kappa shape index (κ2) is 19.5. The van der Waals surface area contributed by atoms with Gasteiger partial charge in [0.1, 0.15) is 6.10 Å². The van der Waals surface area contributed by atoms with Gasteiger partial charge in [-0.25, -0.2) is 4.79 Å². The van der Waals surface area contributed by atoms with E-state index in [4.69, 9.17) is 14.6 Å². The Labute approximate surface area is 195 Å². The number of hydrogen-bond donors (Lipinski definition) is 3. The molecule has 6 nitrogen and oxygen atoms in total. The van der Waals surface area contributed by atoms with Gasteiger partial charge in [-0.1, -0.05) is 89.5 Å².